The van der Waals surface area contributed by atoms with Gasteiger partial charge in [-0.3, -0.25) is 4.79 Å². The molecule has 7 heteroatoms. The summed E-state index contributed by atoms with van der Waals surface area (Å²) in [6.07, 6.45) is 0.793. The minimum absolute atomic E-state index is 0.00624. The van der Waals surface area contributed by atoms with Gasteiger partial charge in [0.25, 0.3) is 5.91 Å². The molecule has 0 radical (unpaired) electrons. The summed E-state index contributed by atoms with van der Waals surface area (Å²) in [5.41, 5.74) is 2.72. The van der Waals surface area contributed by atoms with E-state index in [2.05, 4.69) is 6.07 Å². The van der Waals surface area contributed by atoms with E-state index in [9.17, 15) is 13.2 Å². The zero-order valence-electron chi connectivity index (χ0n) is 15.1. The molecule has 0 N–H and O–H groups in total. The van der Waals surface area contributed by atoms with Gasteiger partial charge in [0, 0.05) is 32.7 Å². The van der Waals surface area contributed by atoms with E-state index in [1.165, 1.54) is 38.9 Å². The highest BCUT2D eigenvalue weighted by Gasteiger charge is 2.26. The van der Waals surface area contributed by atoms with Crippen LogP contribution in [0.4, 0.5) is 0 Å². The van der Waals surface area contributed by atoms with E-state index in [0.29, 0.717) is 18.7 Å². The third kappa shape index (κ3) is 3.32. The second kappa shape index (κ2) is 7.09. The average Bonchev–Trinajstić information content (AvgIpc) is 2.66. The largest absolute Gasteiger partial charge is 0.495 e. The average molecular weight is 374 g/mol. The van der Waals surface area contributed by atoms with Crippen LogP contribution in [0.25, 0.3) is 0 Å². The molecule has 1 aliphatic rings. The van der Waals surface area contributed by atoms with Crippen molar-refractivity contribution >= 4 is 15.9 Å². The number of benzene rings is 2. The maximum Gasteiger partial charge on any atom is 0.254 e. The van der Waals surface area contributed by atoms with Crippen molar-refractivity contribution in [2.45, 2.75) is 17.9 Å². The number of carbonyl (C=O) groups excluding carboxylic acids is 1. The highest BCUT2D eigenvalue weighted by molar-refractivity contribution is 7.89. The summed E-state index contributed by atoms with van der Waals surface area (Å²) in [6.45, 7) is 1.13. The highest BCUT2D eigenvalue weighted by atomic mass is 32.2. The molecule has 0 saturated heterocycles. The molecule has 1 aliphatic heterocycles. The van der Waals surface area contributed by atoms with Crippen molar-refractivity contribution in [3.8, 4) is 5.75 Å². The van der Waals surface area contributed by atoms with Gasteiger partial charge >= 0.3 is 0 Å². The molecule has 0 saturated carbocycles. The Hall–Kier alpha value is -2.38. The minimum atomic E-state index is -3.72. The summed E-state index contributed by atoms with van der Waals surface area (Å²) in [4.78, 5) is 14.7. The van der Waals surface area contributed by atoms with Crippen LogP contribution in [-0.4, -0.2) is 51.3 Å². The molecular formula is C19H22N2O4S. The zero-order chi connectivity index (χ0) is 18.9. The number of rotatable bonds is 4. The molecule has 1 amide bonds. The van der Waals surface area contributed by atoms with Gasteiger partial charge in [-0.2, -0.15) is 0 Å². The number of methoxy groups -OCH3 is 1. The molecule has 0 aliphatic carbocycles. The van der Waals surface area contributed by atoms with Gasteiger partial charge in [-0.25, -0.2) is 12.7 Å². The van der Waals surface area contributed by atoms with Crippen LogP contribution in [0.2, 0.25) is 0 Å². The first-order chi connectivity index (χ1) is 12.3. The lowest BCUT2D eigenvalue weighted by molar-refractivity contribution is 0.0734. The standard InChI is InChI=1S/C19H22N2O4S/c1-20(2)26(23,24)18-12-15(8-9-17(18)25-3)19(22)21-11-10-14-6-4-5-7-16(14)13-21/h4-9,12H,10-11,13H2,1-3H3. The lowest BCUT2D eigenvalue weighted by atomic mass is 9.99. The number of nitrogens with zero attached hydrogens (tertiary/aromatic N) is 2. The summed E-state index contributed by atoms with van der Waals surface area (Å²) < 4.78 is 31.4. The molecule has 2 aromatic carbocycles. The molecule has 0 spiro atoms. The summed E-state index contributed by atoms with van der Waals surface area (Å²) in [5, 5.41) is 0. The van der Waals surface area contributed by atoms with Crippen molar-refractivity contribution in [3.63, 3.8) is 0 Å². The topological polar surface area (TPSA) is 66.9 Å². The first-order valence-electron chi connectivity index (χ1n) is 8.31. The number of fused-ring (bicyclic) bond motifs is 1. The Morgan fingerprint density at radius 1 is 1.12 bits per heavy atom. The number of hydrogen-bond donors (Lipinski definition) is 0. The van der Waals surface area contributed by atoms with Crippen molar-refractivity contribution in [1.82, 2.24) is 9.21 Å². The van der Waals surface area contributed by atoms with Crippen molar-refractivity contribution in [2.75, 3.05) is 27.7 Å². The van der Waals surface area contributed by atoms with Crippen LogP contribution >= 0.6 is 0 Å². The van der Waals surface area contributed by atoms with E-state index >= 15 is 0 Å². The Bertz CT molecular complexity index is 938. The number of sulfonamides is 1. The Labute approximate surface area is 154 Å². The first kappa shape index (κ1) is 18.4. The first-order valence-corrected chi connectivity index (χ1v) is 9.75. The maximum atomic E-state index is 12.9. The number of hydrogen-bond acceptors (Lipinski definition) is 4. The van der Waals surface area contributed by atoms with Crippen LogP contribution in [0.5, 0.6) is 5.75 Å². The fraction of sp³-hybridized carbons (Fsp3) is 0.316. The van der Waals surface area contributed by atoms with E-state index in [1.54, 1.807) is 11.0 Å². The van der Waals surface area contributed by atoms with Gasteiger partial charge in [0.1, 0.15) is 10.6 Å². The molecule has 3 rings (SSSR count). The molecule has 26 heavy (non-hydrogen) atoms. The van der Waals surface area contributed by atoms with Crippen molar-refractivity contribution in [3.05, 3.63) is 59.2 Å². The van der Waals surface area contributed by atoms with Crippen LogP contribution in [-0.2, 0) is 23.0 Å². The predicted octanol–water partition coefficient (Wildman–Crippen LogP) is 2.14. The van der Waals surface area contributed by atoms with Crippen molar-refractivity contribution in [2.24, 2.45) is 0 Å². The molecule has 0 unspecified atom stereocenters. The summed E-state index contributed by atoms with van der Waals surface area (Å²) in [6, 6.07) is 12.6. The second-order valence-corrected chi connectivity index (χ2v) is 8.52. The fourth-order valence-corrected chi connectivity index (χ4v) is 4.13. The van der Waals surface area contributed by atoms with Gasteiger partial charge in [-0.05, 0) is 35.7 Å². The Balaban J connectivity index is 1.94. The summed E-state index contributed by atoms with van der Waals surface area (Å²) in [5.74, 6) is 0.0385. The molecule has 1 heterocycles. The van der Waals surface area contributed by atoms with E-state index in [0.717, 1.165) is 16.3 Å². The van der Waals surface area contributed by atoms with Gasteiger partial charge < -0.3 is 9.64 Å². The third-order valence-corrected chi connectivity index (χ3v) is 6.42. The van der Waals surface area contributed by atoms with Gasteiger partial charge in [0.05, 0.1) is 7.11 Å². The smallest absolute Gasteiger partial charge is 0.254 e. The minimum Gasteiger partial charge on any atom is -0.495 e. The van der Waals surface area contributed by atoms with Crippen LogP contribution in [0.1, 0.15) is 21.5 Å². The summed E-state index contributed by atoms with van der Waals surface area (Å²) in [7, 11) is 0.591. The number of amides is 1. The normalized spacial score (nSPS) is 14.2. The molecule has 0 aromatic heterocycles. The van der Waals surface area contributed by atoms with E-state index in [-0.39, 0.29) is 16.6 Å². The Kier molecular flexibility index (Phi) is 5.02. The second-order valence-electron chi connectivity index (χ2n) is 6.40. The van der Waals surface area contributed by atoms with E-state index in [1.807, 2.05) is 18.2 Å². The molecular weight excluding hydrogens is 352 g/mol. The number of ether oxygens (including phenoxy) is 1. The Morgan fingerprint density at radius 3 is 2.46 bits per heavy atom. The number of carbonyl (C=O) groups is 1. The van der Waals surface area contributed by atoms with Crippen LogP contribution < -0.4 is 4.74 Å². The van der Waals surface area contributed by atoms with Gasteiger partial charge in [0.15, 0.2) is 0 Å². The predicted molar refractivity (Wildman–Crippen MR) is 98.8 cm³/mol. The Morgan fingerprint density at radius 2 is 1.81 bits per heavy atom. The molecule has 0 atom stereocenters. The molecule has 6 nitrogen and oxygen atoms in total. The molecule has 2 aromatic rings. The fourth-order valence-electron chi connectivity index (χ4n) is 3.06. The van der Waals surface area contributed by atoms with Crippen molar-refractivity contribution < 1.29 is 17.9 Å². The van der Waals surface area contributed by atoms with E-state index < -0.39 is 10.0 Å². The monoisotopic (exact) mass is 374 g/mol. The van der Waals surface area contributed by atoms with Crippen molar-refractivity contribution in [1.29, 1.82) is 0 Å². The van der Waals surface area contributed by atoms with Gasteiger partial charge in [-0.15, -0.1) is 0 Å². The van der Waals surface area contributed by atoms with Gasteiger partial charge in [-0.1, -0.05) is 24.3 Å². The molecule has 0 fully saturated rings. The maximum absolute atomic E-state index is 12.9. The lowest BCUT2D eigenvalue weighted by Crippen LogP contribution is -2.36. The molecule has 0 bridgehead atoms. The highest BCUT2D eigenvalue weighted by Crippen LogP contribution is 2.28. The summed E-state index contributed by atoms with van der Waals surface area (Å²) >= 11 is 0. The lowest BCUT2D eigenvalue weighted by Gasteiger charge is -2.29. The molecule has 138 valence electrons. The zero-order valence-corrected chi connectivity index (χ0v) is 15.9. The third-order valence-electron chi connectivity index (χ3n) is 4.59. The van der Waals surface area contributed by atoms with Crippen LogP contribution in [0.15, 0.2) is 47.4 Å². The quantitative estimate of drug-likeness (QED) is 0.822. The van der Waals surface area contributed by atoms with Gasteiger partial charge in [0.2, 0.25) is 10.0 Å². The van der Waals surface area contributed by atoms with Crippen LogP contribution in [0.3, 0.4) is 0 Å². The van der Waals surface area contributed by atoms with E-state index in [4.69, 9.17) is 4.74 Å². The van der Waals surface area contributed by atoms with Crippen LogP contribution in [0, 0.1) is 0 Å². The SMILES string of the molecule is COc1ccc(C(=O)N2CCc3ccccc3C2)cc1S(=O)(=O)N(C)C.